The van der Waals surface area contributed by atoms with Crippen LogP contribution in [0, 0.1) is 0 Å². The first-order valence-electron chi connectivity index (χ1n) is 8.67. The van der Waals surface area contributed by atoms with Crippen molar-refractivity contribution in [3.63, 3.8) is 0 Å². The highest BCUT2D eigenvalue weighted by Gasteiger charge is 2.20. The number of rotatable bonds is 5. The Morgan fingerprint density at radius 1 is 0.739 bits per heavy atom. The van der Waals surface area contributed by atoms with E-state index in [0.717, 1.165) is 5.75 Å². The Kier molecular flexibility index (Phi) is 5.51. The molecule has 0 aliphatic carbocycles. The largest absolute Gasteiger partial charge is 0.496 e. The van der Waals surface area contributed by atoms with Crippen molar-refractivity contribution in [3.8, 4) is 16.9 Å². The molecule has 1 heteroatoms. The Morgan fingerprint density at radius 2 is 1.26 bits per heavy atom. The molecule has 0 aliphatic heterocycles. The molecule has 0 unspecified atom stereocenters. The van der Waals surface area contributed by atoms with Gasteiger partial charge < -0.3 is 4.74 Å². The molecule has 0 heterocycles. The molecule has 0 bridgehead atoms. The maximum atomic E-state index is 5.65. The highest BCUT2D eigenvalue weighted by molar-refractivity contribution is 5.78. The lowest BCUT2D eigenvalue weighted by Gasteiger charge is -2.24. The highest BCUT2D eigenvalue weighted by atomic mass is 16.5. The van der Waals surface area contributed by atoms with Gasteiger partial charge in [-0.15, -0.1) is 0 Å². The van der Waals surface area contributed by atoms with Crippen LogP contribution in [0.2, 0.25) is 0 Å². The molecule has 2 rings (SSSR count). The highest BCUT2D eigenvalue weighted by Crippen LogP contribution is 2.42. The Bertz CT molecular complexity index is 636. The van der Waals surface area contributed by atoms with E-state index in [-0.39, 0.29) is 0 Å². The van der Waals surface area contributed by atoms with Gasteiger partial charge in [0.05, 0.1) is 7.11 Å². The van der Waals surface area contributed by atoms with Crippen molar-refractivity contribution in [1.82, 2.24) is 0 Å². The van der Waals surface area contributed by atoms with Gasteiger partial charge >= 0.3 is 0 Å². The topological polar surface area (TPSA) is 9.23 Å². The van der Waals surface area contributed by atoms with Gasteiger partial charge in [0.2, 0.25) is 0 Å². The number of para-hydroxylation sites is 1. The second kappa shape index (κ2) is 7.21. The van der Waals surface area contributed by atoms with Crippen molar-refractivity contribution in [2.75, 3.05) is 7.11 Å². The predicted octanol–water partition coefficient (Wildman–Crippen LogP) is 6.73. The minimum Gasteiger partial charge on any atom is -0.496 e. The normalized spacial score (nSPS) is 11.6. The molecule has 0 radical (unpaired) electrons. The molecule has 2 aromatic rings. The van der Waals surface area contributed by atoms with Crippen LogP contribution in [0.3, 0.4) is 0 Å². The zero-order chi connectivity index (χ0) is 17.1. The van der Waals surface area contributed by atoms with E-state index in [2.05, 4.69) is 71.9 Å². The molecule has 0 spiro atoms. The quantitative estimate of drug-likeness (QED) is 0.594. The van der Waals surface area contributed by atoms with Gasteiger partial charge in [0.1, 0.15) is 5.75 Å². The Balaban J connectivity index is 2.84. The van der Waals surface area contributed by atoms with Crippen LogP contribution in [0.25, 0.3) is 11.1 Å². The summed E-state index contributed by atoms with van der Waals surface area (Å²) < 4.78 is 5.65. The Morgan fingerprint density at radius 3 is 1.70 bits per heavy atom. The summed E-state index contributed by atoms with van der Waals surface area (Å²) in [4.78, 5) is 0. The van der Waals surface area contributed by atoms with Crippen LogP contribution in [0.15, 0.2) is 36.4 Å². The summed E-state index contributed by atoms with van der Waals surface area (Å²) >= 11 is 0. The third-order valence-electron chi connectivity index (χ3n) is 4.51. The molecular formula is C22H30O. The van der Waals surface area contributed by atoms with Crippen molar-refractivity contribution >= 4 is 0 Å². The van der Waals surface area contributed by atoms with Gasteiger partial charge in [0.15, 0.2) is 0 Å². The lowest BCUT2D eigenvalue weighted by molar-refractivity contribution is 0.416. The lowest BCUT2D eigenvalue weighted by Crippen LogP contribution is -2.04. The van der Waals surface area contributed by atoms with E-state index in [1.165, 1.54) is 27.8 Å². The van der Waals surface area contributed by atoms with Crippen molar-refractivity contribution < 1.29 is 4.74 Å². The minimum absolute atomic E-state index is 0.478. The van der Waals surface area contributed by atoms with E-state index >= 15 is 0 Å². The van der Waals surface area contributed by atoms with E-state index in [1.54, 1.807) is 7.11 Å². The molecule has 0 aromatic heterocycles. The molecular weight excluding hydrogens is 280 g/mol. The van der Waals surface area contributed by atoms with Crippen LogP contribution >= 0.6 is 0 Å². The Hall–Kier alpha value is -1.76. The number of benzene rings is 2. The molecule has 2 aromatic carbocycles. The van der Waals surface area contributed by atoms with Gasteiger partial charge in [0, 0.05) is 5.56 Å². The van der Waals surface area contributed by atoms with Crippen LogP contribution in [0.4, 0.5) is 0 Å². The van der Waals surface area contributed by atoms with Gasteiger partial charge in [-0.1, -0.05) is 71.9 Å². The van der Waals surface area contributed by atoms with Crippen molar-refractivity contribution in [2.24, 2.45) is 0 Å². The molecule has 0 saturated heterocycles. The zero-order valence-corrected chi connectivity index (χ0v) is 15.6. The molecule has 0 aliphatic rings. The average Bonchev–Trinajstić information content (AvgIpc) is 2.53. The Labute approximate surface area is 141 Å². The van der Waals surface area contributed by atoms with Crippen LogP contribution in [-0.4, -0.2) is 7.11 Å². The number of hydrogen-bond acceptors (Lipinski definition) is 1. The molecule has 124 valence electrons. The average molecular weight is 310 g/mol. The predicted molar refractivity (Wildman–Crippen MR) is 101 cm³/mol. The third kappa shape index (κ3) is 3.60. The fraction of sp³-hybridized carbons (Fsp3) is 0.455. The standard InChI is InChI=1S/C22H30O/c1-14(2)17-12-19(15(3)4)22(20(13-17)16(5)6)18-10-8-9-11-21(18)23-7/h8-16H,1-7H3. The lowest BCUT2D eigenvalue weighted by atomic mass is 9.81. The fourth-order valence-corrected chi connectivity index (χ4v) is 3.12. The number of hydrogen-bond donors (Lipinski definition) is 0. The van der Waals surface area contributed by atoms with E-state index in [4.69, 9.17) is 4.74 Å². The summed E-state index contributed by atoms with van der Waals surface area (Å²) in [5.41, 5.74) is 6.83. The van der Waals surface area contributed by atoms with Crippen molar-refractivity contribution in [1.29, 1.82) is 0 Å². The molecule has 0 amide bonds. The van der Waals surface area contributed by atoms with Gasteiger partial charge in [-0.3, -0.25) is 0 Å². The summed E-state index contributed by atoms with van der Waals surface area (Å²) in [5, 5.41) is 0. The molecule has 23 heavy (non-hydrogen) atoms. The maximum absolute atomic E-state index is 5.65. The third-order valence-corrected chi connectivity index (χ3v) is 4.51. The van der Waals surface area contributed by atoms with Gasteiger partial charge in [-0.2, -0.15) is 0 Å². The zero-order valence-electron chi connectivity index (χ0n) is 15.6. The molecule has 0 atom stereocenters. The van der Waals surface area contributed by atoms with E-state index in [9.17, 15) is 0 Å². The van der Waals surface area contributed by atoms with Crippen molar-refractivity contribution in [3.05, 3.63) is 53.1 Å². The van der Waals surface area contributed by atoms with Crippen molar-refractivity contribution in [2.45, 2.75) is 59.3 Å². The molecule has 1 nitrogen and oxygen atoms in total. The van der Waals surface area contributed by atoms with Gasteiger partial charge in [0.25, 0.3) is 0 Å². The summed E-state index contributed by atoms with van der Waals surface area (Å²) in [6, 6.07) is 13.2. The molecule has 0 N–H and O–H groups in total. The second-order valence-electron chi connectivity index (χ2n) is 7.24. The summed E-state index contributed by atoms with van der Waals surface area (Å²) in [5.74, 6) is 2.45. The van der Waals surface area contributed by atoms with Crippen LogP contribution in [-0.2, 0) is 0 Å². The van der Waals surface area contributed by atoms with Gasteiger partial charge in [-0.05, 0) is 46.1 Å². The minimum atomic E-state index is 0.478. The maximum Gasteiger partial charge on any atom is 0.126 e. The van der Waals surface area contributed by atoms with Gasteiger partial charge in [-0.25, -0.2) is 0 Å². The smallest absolute Gasteiger partial charge is 0.126 e. The van der Waals surface area contributed by atoms with E-state index < -0.39 is 0 Å². The van der Waals surface area contributed by atoms with E-state index in [0.29, 0.717) is 17.8 Å². The SMILES string of the molecule is COc1ccccc1-c1c(C(C)C)cc(C(C)C)cc1C(C)C. The first kappa shape index (κ1) is 17.6. The molecule has 0 saturated carbocycles. The number of ether oxygens (including phenoxy) is 1. The molecule has 0 fully saturated rings. The first-order valence-corrected chi connectivity index (χ1v) is 8.67. The monoisotopic (exact) mass is 310 g/mol. The fourth-order valence-electron chi connectivity index (χ4n) is 3.12. The summed E-state index contributed by atoms with van der Waals surface area (Å²) in [6.07, 6.45) is 0. The summed E-state index contributed by atoms with van der Waals surface area (Å²) in [7, 11) is 1.76. The van der Waals surface area contributed by atoms with E-state index in [1.807, 2.05) is 6.07 Å². The summed E-state index contributed by atoms with van der Waals surface area (Å²) in [6.45, 7) is 13.7. The van der Waals surface area contributed by atoms with Crippen LogP contribution in [0.5, 0.6) is 5.75 Å². The van der Waals surface area contributed by atoms with Crippen LogP contribution in [0.1, 0.15) is 76.0 Å². The number of methoxy groups -OCH3 is 1. The first-order chi connectivity index (χ1) is 10.9. The second-order valence-corrected chi connectivity index (χ2v) is 7.24. The van der Waals surface area contributed by atoms with Crippen LogP contribution < -0.4 is 4.74 Å².